The molecular weight excluding hydrogens is 248 g/mol. The smallest absolute Gasteiger partial charge is 0.155 e. The van der Waals surface area contributed by atoms with Crippen molar-refractivity contribution in [2.24, 2.45) is 11.8 Å². The third-order valence-electron chi connectivity index (χ3n) is 4.73. The molecule has 1 fully saturated rings. The topological polar surface area (TPSA) is 34.9 Å². The van der Waals surface area contributed by atoms with E-state index < -0.39 is 0 Å². The van der Waals surface area contributed by atoms with Crippen molar-refractivity contribution < 1.29 is 4.79 Å². The highest BCUT2D eigenvalue weighted by Crippen LogP contribution is 2.31. The van der Waals surface area contributed by atoms with Gasteiger partial charge in [0.05, 0.1) is 23.9 Å². The zero-order chi connectivity index (χ0) is 13.9. The molecule has 0 spiro atoms. The van der Waals surface area contributed by atoms with Gasteiger partial charge in [-0.3, -0.25) is 4.79 Å². The summed E-state index contributed by atoms with van der Waals surface area (Å²) < 4.78 is 1.99. The molecule has 0 radical (unpaired) electrons. The Morgan fingerprint density at radius 1 is 1.25 bits per heavy atom. The minimum Gasteiger partial charge on any atom is -0.323 e. The molecule has 1 aliphatic rings. The molecule has 0 N–H and O–H groups in total. The highest BCUT2D eigenvalue weighted by atomic mass is 16.1. The summed E-state index contributed by atoms with van der Waals surface area (Å²) in [6.07, 6.45) is 7.64. The van der Waals surface area contributed by atoms with Gasteiger partial charge in [-0.2, -0.15) is 0 Å². The lowest BCUT2D eigenvalue weighted by atomic mass is 9.79. The fraction of sp³-hybridized carbons (Fsp3) is 0.529. The lowest BCUT2D eigenvalue weighted by Gasteiger charge is -2.26. The Morgan fingerprint density at radius 3 is 2.75 bits per heavy atom. The largest absolute Gasteiger partial charge is 0.323 e. The van der Waals surface area contributed by atoms with Crippen LogP contribution >= 0.6 is 0 Å². The van der Waals surface area contributed by atoms with Crippen molar-refractivity contribution >= 4 is 16.8 Å². The van der Waals surface area contributed by atoms with Crippen LogP contribution in [-0.2, 0) is 11.3 Å². The van der Waals surface area contributed by atoms with Crippen LogP contribution < -0.4 is 0 Å². The Labute approximate surface area is 120 Å². The fourth-order valence-electron chi connectivity index (χ4n) is 3.33. The van der Waals surface area contributed by atoms with E-state index in [0.29, 0.717) is 12.3 Å². The van der Waals surface area contributed by atoms with Gasteiger partial charge in [0, 0.05) is 5.92 Å². The summed E-state index contributed by atoms with van der Waals surface area (Å²) in [5.41, 5.74) is 2.03. The van der Waals surface area contributed by atoms with Crippen LogP contribution in [0, 0.1) is 11.8 Å². The monoisotopic (exact) mass is 270 g/mol. The van der Waals surface area contributed by atoms with Crippen LogP contribution in [0.2, 0.25) is 0 Å². The number of Topliss-reactive ketones (excluding diaryl/α,β-unsaturated/α-hetero) is 1. The van der Waals surface area contributed by atoms with Crippen LogP contribution in [0.3, 0.4) is 0 Å². The van der Waals surface area contributed by atoms with Gasteiger partial charge in [-0.1, -0.05) is 25.5 Å². The van der Waals surface area contributed by atoms with Crippen molar-refractivity contribution in [3.05, 3.63) is 30.6 Å². The van der Waals surface area contributed by atoms with Crippen LogP contribution in [0.4, 0.5) is 0 Å². The van der Waals surface area contributed by atoms with E-state index in [1.165, 1.54) is 19.3 Å². The predicted molar refractivity (Wildman–Crippen MR) is 80.5 cm³/mol. The molecule has 1 heterocycles. The summed E-state index contributed by atoms with van der Waals surface area (Å²) in [7, 11) is 0. The minimum atomic E-state index is 0.263. The standard InChI is InChI=1S/C17H22N2O/c1-2-13-7-9-14(10-8-13)17(20)11-19-12-18-15-5-3-4-6-16(15)19/h3-6,12-14H,2,7-11H2,1H3. The second-order valence-electron chi connectivity index (χ2n) is 5.95. The SMILES string of the molecule is CCC1CCC(C(=O)Cn2cnc3ccccc32)CC1. The van der Waals surface area contributed by atoms with Crippen LogP contribution in [0.25, 0.3) is 11.0 Å². The first-order valence-corrected chi connectivity index (χ1v) is 7.70. The maximum Gasteiger partial charge on any atom is 0.155 e. The molecule has 3 heteroatoms. The Balaban J connectivity index is 1.67. The van der Waals surface area contributed by atoms with Crippen molar-refractivity contribution in [2.75, 3.05) is 0 Å². The van der Waals surface area contributed by atoms with E-state index in [1.807, 2.05) is 28.8 Å². The highest BCUT2D eigenvalue weighted by Gasteiger charge is 2.25. The third-order valence-corrected chi connectivity index (χ3v) is 4.73. The van der Waals surface area contributed by atoms with Crippen LogP contribution in [0.15, 0.2) is 30.6 Å². The predicted octanol–water partition coefficient (Wildman–Crippen LogP) is 3.82. The van der Waals surface area contributed by atoms with E-state index >= 15 is 0 Å². The molecule has 1 aliphatic carbocycles. The van der Waals surface area contributed by atoms with Gasteiger partial charge < -0.3 is 4.57 Å². The first kappa shape index (κ1) is 13.3. The van der Waals surface area contributed by atoms with Crippen molar-refractivity contribution in [2.45, 2.75) is 45.6 Å². The molecule has 3 nitrogen and oxygen atoms in total. The molecule has 0 unspecified atom stereocenters. The molecule has 2 aromatic rings. The Morgan fingerprint density at radius 2 is 2.00 bits per heavy atom. The van der Waals surface area contributed by atoms with Gasteiger partial charge in [0.2, 0.25) is 0 Å². The van der Waals surface area contributed by atoms with Gasteiger partial charge in [0.1, 0.15) is 0 Å². The molecule has 3 rings (SSSR count). The average Bonchev–Trinajstić information content (AvgIpc) is 2.91. The molecule has 0 saturated heterocycles. The van der Waals surface area contributed by atoms with E-state index in [0.717, 1.165) is 29.8 Å². The molecule has 0 bridgehead atoms. The number of hydrogen-bond acceptors (Lipinski definition) is 2. The molecule has 1 aromatic heterocycles. The number of benzene rings is 1. The zero-order valence-electron chi connectivity index (χ0n) is 12.1. The summed E-state index contributed by atoms with van der Waals surface area (Å²) in [6.45, 7) is 2.73. The molecule has 20 heavy (non-hydrogen) atoms. The Hall–Kier alpha value is -1.64. The van der Waals surface area contributed by atoms with Crippen molar-refractivity contribution in [1.82, 2.24) is 9.55 Å². The van der Waals surface area contributed by atoms with Gasteiger partial charge in [0.25, 0.3) is 0 Å². The van der Waals surface area contributed by atoms with Gasteiger partial charge in [0.15, 0.2) is 5.78 Å². The van der Waals surface area contributed by atoms with E-state index in [2.05, 4.69) is 11.9 Å². The van der Waals surface area contributed by atoms with E-state index in [-0.39, 0.29) is 5.92 Å². The zero-order valence-corrected chi connectivity index (χ0v) is 12.1. The second kappa shape index (κ2) is 5.78. The van der Waals surface area contributed by atoms with Crippen molar-refractivity contribution in [3.8, 4) is 0 Å². The molecule has 0 atom stereocenters. The third kappa shape index (κ3) is 2.62. The number of hydrogen-bond donors (Lipinski definition) is 0. The van der Waals surface area contributed by atoms with Crippen molar-refractivity contribution in [1.29, 1.82) is 0 Å². The number of para-hydroxylation sites is 2. The number of imidazole rings is 1. The normalized spacial score (nSPS) is 23.1. The molecule has 0 amide bonds. The maximum atomic E-state index is 12.5. The quantitative estimate of drug-likeness (QED) is 0.846. The summed E-state index contributed by atoms with van der Waals surface area (Å²) in [5, 5.41) is 0. The van der Waals surface area contributed by atoms with Gasteiger partial charge in [-0.15, -0.1) is 0 Å². The van der Waals surface area contributed by atoms with E-state index in [1.54, 1.807) is 6.33 Å². The number of rotatable bonds is 4. The molecule has 106 valence electrons. The van der Waals surface area contributed by atoms with Crippen molar-refractivity contribution in [3.63, 3.8) is 0 Å². The molecule has 0 aliphatic heterocycles. The lowest BCUT2D eigenvalue weighted by Crippen LogP contribution is -2.24. The molecule has 1 saturated carbocycles. The summed E-state index contributed by atoms with van der Waals surface area (Å²) in [6, 6.07) is 8.00. The maximum absolute atomic E-state index is 12.5. The number of fused-ring (bicyclic) bond motifs is 1. The fourth-order valence-corrected chi connectivity index (χ4v) is 3.33. The van der Waals surface area contributed by atoms with Crippen LogP contribution in [0.1, 0.15) is 39.0 Å². The highest BCUT2D eigenvalue weighted by molar-refractivity contribution is 5.83. The van der Waals surface area contributed by atoms with Crippen LogP contribution in [0.5, 0.6) is 0 Å². The number of carbonyl (C=O) groups is 1. The summed E-state index contributed by atoms with van der Waals surface area (Å²) in [4.78, 5) is 16.8. The average molecular weight is 270 g/mol. The summed E-state index contributed by atoms with van der Waals surface area (Å²) in [5.74, 6) is 1.48. The van der Waals surface area contributed by atoms with Crippen LogP contribution in [-0.4, -0.2) is 15.3 Å². The lowest BCUT2D eigenvalue weighted by molar-refractivity contribution is -0.124. The molecular formula is C17H22N2O. The Kier molecular flexibility index (Phi) is 3.86. The number of nitrogens with zero attached hydrogens (tertiary/aromatic N) is 2. The number of ketones is 1. The number of aromatic nitrogens is 2. The first-order valence-electron chi connectivity index (χ1n) is 7.70. The van der Waals surface area contributed by atoms with E-state index in [4.69, 9.17) is 0 Å². The van der Waals surface area contributed by atoms with E-state index in [9.17, 15) is 4.79 Å². The van der Waals surface area contributed by atoms with Gasteiger partial charge in [-0.25, -0.2) is 4.98 Å². The Bertz CT molecular complexity index is 594. The van der Waals surface area contributed by atoms with Gasteiger partial charge in [-0.05, 0) is 43.7 Å². The minimum absolute atomic E-state index is 0.263. The second-order valence-corrected chi connectivity index (χ2v) is 5.95. The summed E-state index contributed by atoms with van der Waals surface area (Å²) >= 11 is 0. The number of carbonyl (C=O) groups excluding carboxylic acids is 1. The van der Waals surface area contributed by atoms with Gasteiger partial charge >= 0.3 is 0 Å². The first-order chi connectivity index (χ1) is 9.78. The molecule has 1 aromatic carbocycles.